The van der Waals surface area contributed by atoms with Gasteiger partial charge in [-0.1, -0.05) is 12.1 Å². The molecule has 0 aliphatic carbocycles. The van der Waals surface area contributed by atoms with Crippen molar-refractivity contribution in [2.75, 3.05) is 0 Å². The van der Waals surface area contributed by atoms with Gasteiger partial charge in [0.25, 0.3) is 0 Å². The normalized spacial score (nSPS) is 10.1. The summed E-state index contributed by atoms with van der Waals surface area (Å²) < 4.78 is 18.7. The van der Waals surface area contributed by atoms with Gasteiger partial charge < -0.3 is 4.74 Å². The molecule has 0 spiro atoms. The highest BCUT2D eigenvalue weighted by atomic mass is 19.1. The number of nitro groups is 1. The third-order valence-electron chi connectivity index (χ3n) is 2.62. The van der Waals surface area contributed by atoms with Crippen LogP contribution in [-0.2, 0) is 0 Å². The third kappa shape index (κ3) is 2.80. The van der Waals surface area contributed by atoms with Crippen molar-refractivity contribution in [1.29, 1.82) is 0 Å². The zero-order chi connectivity index (χ0) is 14.7. The summed E-state index contributed by atoms with van der Waals surface area (Å²) in [5.74, 6) is -1.17. The number of nitrogens with zero attached hydrogens (tertiary/aromatic N) is 1. The van der Waals surface area contributed by atoms with Gasteiger partial charge in [0.1, 0.15) is 0 Å². The number of nitro benzene ring substituents is 1. The Morgan fingerprint density at radius 1 is 1.20 bits per heavy atom. The topological polar surface area (TPSA) is 69.4 Å². The Morgan fingerprint density at radius 2 is 1.90 bits per heavy atom. The Morgan fingerprint density at radius 3 is 2.50 bits per heavy atom. The highest BCUT2D eigenvalue weighted by Crippen LogP contribution is 2.33. The number of para-hydroxylation sites is 1. The first-order chi connectivity index (χ1) is 9.49. The Kier molecular flexibility index (Phi) is 3.74. The fourth-order valence-corrected chi connectivity index (χ4v) is 1.61. The molecule has 0 aliphatic rings. The van der Waals surface area contributed by atoms with Crippen LogP contribution in [0.4, 0.5) is 10.1 Å². The molecule has 0 amide bonds. The molecule has 0 bridgehead atoms. The minimum Gasteiger partial charge on any atom is -0.447 e. The van der Waals surface area contributed by atoms with E-state index in [4.69, 9.17) is 4.74 Å². The van der Waals surface area contributed by atoms with Crippen LogP contribution in [0.2, 0.25) is 0 Å². The van der Waals surface area contributed by atoms with E-state index < -0.39 is 10.7 Å². The molecule has 2 rings (SSSR count). The molecule has 0 N–H and O–H groups in total. The molecule has 2 aromatic carbocycles. The van der Waals surface area contributed by atoms with Gasteiger partial charge in [-0.3, -0.25) is 14.9 Å². The maximum Gasteiger partial charge on any atom is 0.312 e. The van der Waals surface area contributed by atoms with Crippen LogP contribution in [0.5, 0.6) is 11.5 Å². The molecule has 0 saturated carbocycles. The van der Waals surface area contributed by atoms with Gasteiger partial charge in [-0.2, -0.15) is 0 Å². The molecule has 20 heavy (non-hydrogen) atoms. The zero-order valence-corrected chi connectivity index (χ0v) is 10.5. The van der Waals surface area contributed by atoms with Gasteiger partial charge in [-0.25, -0.2) is 4.39 Å². The van der Waals surface area contributed by atoms with Gasteiger partial charge in [-0.15, -0.1) is 0 Å². The molecule has 0 atom stereocenters. The van der Waals surface area contributed by atoms with Crippen molar-refractivity contribution in [1.82, 2.24) is 0 Å². The maximum atomic E-state index is 13.5. The van der Waals surface area contributed by atoms with Crippen LogP contribution in [0.3, 0.4) is 0 Å². The van der Waals surface area contributed by atoms with Crippen molar-refractivity contribution < 1.29 is 18.8 Å². The largest absolute Gasteiger partial charge is 0.447 e. The fraction of sp³-hybridized carbons (Fsp3) is 0.0714. The van der Waals surface area contributed by atoms with Crippen LogP contribution in [-0.4, -0.2) is 10.7 Å². The van der Waals surface area contributed by atoms with E-state index in [1.54, 1.807) is 6.07 Å². The summed E-state index contributed by atoms with van der Waals surface area (Å²) >= 11 is 0. The quantitative estimate of drug-likeness (QED) is 0.484. The number of rotatable bonds is 4. The average molecular weight is 275 g/mol. The number of benzene rings is 2. The van der Waals surface area contributed by atoms with E-state index in [-0.39, 0.29) is 28.5 Å². The van der Waals surface area contributed by atoms with Gasteiger partial charge in [0.2, 0.25) is 5.75 Å². The lowest BCUT2D eigenvalue weighted by atomic mass is 10.1. The third-order valence-corrected chi connectivity index (χ3v) is 2.62. The van der Waals surface area contributed by atoms with Gasteiger partial charge >= 0.3 is 5.69 Å². The molecule has 0 radical (unpaired) electrons. The Labute approximate surface area is 113 Å². The lowest BCUT2D eigenvalue weighted by Gasteiger charge is -2.07. The molecule has 2 aromatic rings. The van der Waals surface area contributed by atoms with Crippen molar-refractivity contribution in [3.05, 3.63) is 64.0 Å². The standard InChI is InChI=1S/C14H10FNO4/c1-9(17)10-6-7-14(12(8-10)16(18)19)20-13-5-3-2-4-11(13)15/h2-8H,1H3. The summed E-state index contributed by atoms with van der Waals surface area (Å²) in [6, 6.07) is 9.36. The summed E-state index contributed by atoms with van der Waals surface area (Å²) in [5, 5.41) is 11.0. The lowest BCUT2D eigenvalue weighted by molar-refractivity contribution is -0.385. The number of halogens is 1. The van der Waals surface area contributed by atoms with Gasteiger partial charge in [-0.05, 0) is 31.2 Å². The van der Waals surface area contributed by atoms with Crippen molar-refractivity contribution in [2.24, 2.45) is 0 Å². The Hall–Kier alpha value is -2.76. The number of ketones is 1. The van der Waals surface area contributed by atoms with E-state index in [2.05, 4.69) is 0 Å². The summed E-state index contributed by atoms with van der Waals surface area (Å²) in [7, 11) is 0. The highest BCUT2D eigenvalue weighted by Gasteiger charge is 2.19. The van der Waals surface area contributed by atoms with Gasteiger partial charge in [0, 0.05) is 11.6 Å². The van der Waals surface area contributed by atoms with Crippen molar-refractivity contribution >= 4 is 11.5 Å². The summed E-state index contributed by atoms with van der Waals surface area (Å²) in [6.45, 7) is 1.30. The summed E-state index contributed by atoms with van der Waals surface area (Å²) in [5.41, 5.74) is -0.196. The molecule has 0 heterocycles. The van der Waals surface area contributed by atoms with Crippen LogP contribution >= 0.6 is 0 Å². The minimum atomic E-state index is -0.678. The molecular weight excluding hydrogens is 265 g/mol. The molecule has 6 heteroatoms. The number of hydrogen-bond donors (Lipinski definition) is 0. The van der Waals surface area contributed by atoms with Crippen LogP contribution in [0.1, 0.15) is 17.3 Å². The van der Waals surface area contributed by atoms with E-state index in [0.717, 1.165) is 6.07 Å². The number of carbonyl (C=O) groups is 1. The second-order valence-electron chi connectivity index (χ2n) is 4.03. The van der Waals surface area contributed by atoms with Crippen molar-refractivity contribution in [2.45, 2.75) is 6.92 Å². The fourth-order valence-electron chi connectivity index (χ4n) is 1.61. The van der Waals surface area contributed by atoms with E-state index in [1.165, 1.54) is 37.3 Å². The van der Waals surface area contributed by atoms with Gasteiger partial charge in [0.05, 0.1) is 4.92 Å². The van der Waals surface area contributed by atoms with E-state index in [0.29, 0.717) is 0 Å². The SMILES string of the molecule is CC(=O)c1ccc(Oc2ccccc2F)c([N+](=O)[O-])c1. The number of hydrogen-bond acceptors (Lipinski definition) is 4. The first-order valence-corrected chi connectivity index (χ1v) is 5.71. The van der Waals surface area contributed by atoms with Crippen LogP contribution < -0.4 is 4.74 Å². The molecule has 0 aliphatic heterocycles. The first kappa shape index (κ1) is 13.7. The molecule has 5 nitrogen and oxygen atoms in total. The number of ether oxygens (including phenoxy) is 1. The van der Waals surface area contributed by atoms with Crippen molar-refractivity contribution in [3.8, 4) is 11.5 Å². The molecule has 0 aromatic heterocycles. The monoisotopic (exact) mass is 275 g/mol. The molecular formula is C14H10FNO4. The predicted octanol–water partition coefficient (Wildman–Crippen LogP) is 3.73. The summed E-state index contributed by atoms with van der Waals surface area (Å²) in [6.07, 6.45) is 0. The highest BCUT2D eigenvalue weighted by molar-refractivity contribution is 5.95. The molecule has 0 fully saturated rings. The second kappa shape index (κ2) is 5.48. The zero-order valence-electron chi connectivity index (χ0n) is 10.5. The van der Waals surface area contributed by atoms with Crippen molar-refractivity contribution in [3.63, 3.8) is 0 Å². The smallest absolute Gasteiger partial charge is 0.312 e. The maximum absolute atomic E-state index is 13.5. The number of carbonyl (C=O) groups excluding carboxylic acids is 1. The Balaban J connectivity index is 2.44. The van der Waals surface area contributed by atoms with E-state index >= 15 is 0 Å². The van der Waals surface area contributed by atoms with E-state index in [9.17, 15) is 19.3 Å². The second-order valence-corrected chi connectivity index (χ2v) is 4.03. The predicted molar refractivity (Wildman–Crippen MR) is 69.6 cm³/mol. The van der Waals surface area contributed by atoms with Crippen LogP contribution in [0.15, 0.2) is 42.5 Å². The lowest BCUT2D eigenvalue weighted by Crippen LogP contribution is -1.98. The van der Waals surface area contributed by atoms with Crippen LogP contribution in [0, 0.1) is 15.9 Å². The van der Waals surface area contributed by atoms with E-state index in [1.807, 2.05) is 0 Å². The molecule has 102 valence electrons. The molecule has 0 unspecified atom stereocenters. The molecule has 0 saturated heterocycles. The average Bonchev–Trinajstić information content (AvgIpc) is 2.41. The minimum absolute atomic E-state index is 0.119. The Bertz CT molecular complexity index is 685. The first-order valence-electron chi connectivity index (χ1n) is 5.71. The summed E-state index contributed by atoms with van der Waals surface area (Å²) in [4.78, 5) is 21.5. The van der Waals surface area contributed by atoms with Crippen LogP contribution in [0.25, 0.3) is 0 Å². The van der Waals surface area contributed by atoms with Gasteiger partial charge in [0.15, 0.2) is 17.3 Å². The number of Topliss-reactive ketones (excluding diaryl/α,β-unsaturated/α-hetero) is 1.